The van der Waals surface area contributed by atoms with E-state index in [9.17, 15) is 18.4 Å². The topological polar surface area (TPSA) is 66.4 Å². The minimum Gasteiger partial charge on any atom is -0.478 e. The van der Waals surface area contributed by atoms with Crippen molar-refractivity contribution in [3.8, 4) is 0 Å². The van der Waals surface area contributed by atoms with Gasteiger partial charge in [-0.05, 0) is 48.1 Å². The third kappa shape index (κ3) is 4.02. The van der Waals surface area contributed by atoms with Crippen LogP contribution in [0.2, 0.25) is 0 Å². The molecule has 2 N–H and O–H groups in total. The number of carbonyl (C=O) groups excluding carboxylic acids is 1. The number of benzene rings is 2. The predicted octanol–water partition coefficient (Wildman–Crippen LogP) is 3.47. The highest BCUT2D eigenvalue weighted by Crippen LogP contribution is 2.41. The lowest BCUT2D eigenvalue weighted by molar-refractivity contribution is -0.121. The van der Waals surface area contributed by atoms with Gasteiger partial charge in [0.25, 0.3) is 0 Å². The third-order valence-corrected chi connectivity index (χ3v) is 4.28. The summed E-state index contributed by atoms with van der Waals surface area (Å²) in [6.45, 7) is 0. The first-order chi connectivity index (χ1) is 12.0. The van der Waals surface area contributed by atoms with Gasteiger partial charge in [-0.15, -0.1) is 0 Å². The number of carboxylic acids is 1. The van der Waals surface area contributed by atoms with Crippen LogP contribution < -0.4 is 5.32 Å². The molecule has 0 heterocycles. The fraction of sp³-hybridized carbons (Fsp3) is 0.263. The molecule has 0 spiro atoms. The van der Waals surface area contributed by atoms with Crippen LogP contribution in [0.3, 0.4) is 0 Å². The smallest absolute Gasteiger partial charge is 0.338 e. The van der Waals surface area contributed by atoms with E-state index in [-0.39, 0.29) is 29.8 Å². The van der Waals surface area contributed by atoms with E-state index in [0.717, 1.165) is 18.9 Å². The molecule has 4 nitrogen and oxygen atoms in total. The SMILES string of the molecule is O=C(Cc1cccc(F)c1C(=O)O)NC(c1cccc(F)c1)C1CC1. The second kappa shape index (κ2) is 7.01. The summed E-state index contributed by atoms with van der Waals surface area (Å²) < 4.78 is 27.2. The molecule has 0 aromatic heterocycles. The Morgan fingerprint density at radius 3 is 2.52 bits per heavy atom. The number of hydrogen-bond donors (Lipinski definition) is 2. The lowest BCUT2D eigenvalue weighted by Crippen LogP contribution is -2.31. The summed E-state index contributed by atoms with van der Waals surface area (Å²) >= 11 is 0. The number of amides is 1. The first-order valence-electron chi connectivity index (χ1n) is 8.01. The summed E-state index contributed by atoms with van der Waals surface area (Å²) in [5, 5.41) is 12.0. The van der Waals surface area contributed by atoms with Crippen LogP contribution >= 0.6 is 0 Å². The van der Waals surface area contributed by atoms with Crippen LogP contribution in [0.25, 0.3) is 0 Å². The van der Waals surface area contributed by atoms with Crippen molar-refractivity contribution in [3.05, 3.63) is 70.8 Å². The van der Waals surface area contributed by atoms with E-state index < -0.39 is 23.3 Å². The molecular weight excluding hydrogens is 328 g/mol. The Morgan fingerprint density at radius 2 is 1.88 bits per heavy atom. The van der Waals surface area contributed by atoms with Gasteiger partial charge in [0.15, 0.2) is 0 Å². The number of carbonyl (C=O) groups is 2. The Labute approximate surface area is 143 Å². The minimum atomic E-state index is -1.41. The van der Waals surface area contributed by atoms with Crippen molar-refractivity contribution < 1.29 is 23.5 Å². The van der Waals surface area contributed by atoms with Crippen molar-refractivity contribution in [2.45, 2.75) is 25.3 Å². The summed E-state index contributed by atoms with van der Waals surface area (Å²) in [7, 11) is 0. The third-order valence-electron chi connectivity index (χ3n) is 4.28. The van der Waals surface area contributed by atoms with E-state index in [1.807, 2.05) is 0 Å². The van der Waals surface area contributed by atoms with Crippen LogP contribution in [0.4, 0.5) is 8.78 Å². The normalized spacial score (nSPS) is 14.8. The van der Waals surface area contributed by atoms with Gasteiger partial charge in [-0.2, -0.15) is 0 Å². The molecule has 1 atom stereocenters. The molecule has 0 aliphatic heterocycles. The number of halogens is 2. The zero-order valence-electron chi connectivity index (χ0n) is 13.3. The van der Waals surface area contributed by atoms with Crippen LogP contribution in [-0.2, 0) is 11.2 Å². The average Bonchev–Trinajstić information content (AvgIpc) is 3.37. The molecular formula is C19H17F2NO3. The van der Waals surface area contributed by atoms with Crippen molar-refractivity contribution in [3.63, 3.8) is 0 Å². The quantitative estimate of drug-likeness (QED) is 0.842. The Morgan fingerprint density at radius 1 is 1.16 bits per heavy atom. The van der Waals surface area contributed by atoms with E-state index >= 15 is 0 Å². The van der Waals surface area contributed by atoms with Crippen molar-refractivity contribution >= 4 is 11.9 Å². The predicted molar refractivity (Wildman–Crippen MR) is 87.1 cm³/mol. The average molecular weight is 345 g/mol. The van der Waals surface area contributed by atoms with Gasteiger partial charge in [0, 0.05) is 0 Å². The van der Waals surface area contributed by atoms with Crippen LogP contribution in [-0.4, -0.2) is 17.0 Å². The number of hydrogen-bond acceptors (Lipinski definition) is 2. The van der Waals surface area contributed by atoms with E-state index in [4.69, 9.17) is 5.11 Å². The fourth-order valence-corrected chi connectivity index (χ4v) is 2.96. The molecule has 1 saturated carbocycles. The summed E-state index contributed by atoms with van der Waals surface area (Å²) in [4.78, 5) is 23.6. The van der Waals surface area contributed by atoms with Gasteiger partial charge in [-0.1, -0.05) is 24.3 Å². The maximum absolute atomic E-state index is 13.7. The van der Waals surface area contributed by atoms with Gasteiger partial charge in [-0.3, -0.25) is 4.79 Å². The van der Waals surface area contributed by atoms with Gasteiger partial charge >= 0.3 is 5.97 Å². The maximum atomic E-state index is 13.7. The van der Waals surface area contributed by atoms with Gasteiger partial charge < -0.3 is 10.4 Å². The maximum Gasteiger partial charge on any atom is 0.338 e. The molecule has 1 aliphatic rings. The molecule has 6 heteroatoms. The van der Waals surface area contributed by atoms with Gasteiger partial charge in [0.1, 0.15) is 11.6 Å². The zero-order valence-corrected chi connectivity index (χ0v) is 13.3. The molecule has 2 aromatic rings. The second-order valence-corrected chi connectivity index (χ2v) is 6.19. The first-order valence-corrected chi connectivity index (χ1v) is 8.01. The lowest BCUT2D eigenvalue weighted by Gasteiger charge is -2.19. The Kier molecular flexibility index (Phi) is 4.79. The number of rotatable bonds is 6. The Bertz CT molecular complexity index is 818. The first kappa shape index (κ1) is 17.1. The van der Waals surface area contributed by atoms with E-state index in [2.05, 4.69) is 5.32 Å². The number of aromatic carboxylic acids is 1. The lowest BCUT2D eigenvalue weighted by atomic mass is 10.0. The highest BCUT2D eigenvalue weighted by atomic mass is 19.1. The van der Waals surface area contributed by atoms with Crippen molar-refractivity contribution in [2.75, 3.05) is 0 Å². The van der Waals surface area contributed by atoms with Crippen LogP contribution in [0.15, 0.2) is 42.5 Å². The fourth-order valence-electron chi connectivity index (χ4n) is 2.96. The van der Waals surface area contributed by atoms with Crippen molar-refractivity contribution in [1.29, 1.82) is 0 Å². The zero-order chi connectivity index (χ0) is 18.0. The Hall–Kier alpha value is -2.76. The summed E-state index contributed by atoms with van der Waals surface area (Å²) in [6, 6.07) is 9.55. The summed E-state index contributed by atoms with van der Waals surface area (Å²) in [5.74, 6) is -2.85. The molecule has 0 saturated heterocycles. The van der Waals surface area contributed by atoms with Crippen LogP contribution in [0.5, 0.6) is 0 Å². The van der Waals surface area contributed by atoms with E-state index in [0.29, 0.717) is 5.56 Å². The minimum absolute atomic E-state index is 0.110. The van der Waals surface area contributed by atoms with Crippen LogP contribution in [0.1, 0.15) is 40.4 Å². The van der Waals surface area contributed by atoms with Crippen LogP contribution in [0, 0.1) is 17.6 Å². The van der Waals surface area contributed by atoms with Gasteiger partial charge in [0.2, 0.25) is 5.91 Å². The van der Waals surface area contributed by atoms with Crippen molar-refractivity contribution in [1.82, 2.24) is 5.32 Å². The number of nitrogens with one attached hydrogen (secondary N) is 1. The molecule has 2 aromatic carbocycles. The molecule has 130 valence electrons. The second-order valence-electron chi connectivity index (χ2n) is 6.19. The van der Waals surface area contributed by atoms with Gasteiger partial charge in [-0.25, -0.2) is 13.6 Å². The molecule has 1 fully saturated rings. The molecule has 1 unspecified atom stereocenters. The molecule has 1 amide bonds. The molecule has 0 bridgehead atoms. The summed E-state index contributed by atoms with van der Waals surface area (Å²) in [6.07, 6.45) is 1.61. The number of carboxylic acid groups (broad SMARTS) is 1. The van der Waals surface area contributed by atoms with Crippen molar-refractivity contribution in [2.24, 2.45) is 5.92 Å². The molecule has 1 aliphatic carbocycles. The summed E-state index contributed by atoms with van der Waals surface area (Å²) in [5.41, 5.74) is 0.290. The van der Waals surface area contributed by atoms with E-state index in [1.165, 1.54) is 24.3 Å². The largest absolute Gasteiger partial charge is 0.478 e. The highest BCUT2D eigenvalue weighted by molar-refractivity contribution is 5.92. The molecule has 25 heavy (non-hydrogen) atoms. The monoisotopic (exact) mass is 345 g/mol. The molecule has 3 rings (SSSR count). The Balaban J connectivity index is 1.77. The van der Waals surface area contributed by atoms with Gasteiger partial charge in [0.05, 0.1) is 18.0 Å². The molecule has 0 radical (unpaired) electrons. The standard InChI is InChI=1S/C19H17F2NO3/c20-14-5-1-4-13(9-14)18(11-7-8-11)22-16(23)10-12-3-2-6-15(21)17(12)19(24)25/h1-6,9,11,18H,7-8,10H2,(H,22,23)(H,24,25). The van der Waals surface area contributed by atoms with E-state index in [1.54, 1.807) is 12.1 Å². The highest BCUT2D eigenvalue weighted by Gasteiger charge is 2.33.